The Morgan fingerprint density at radius 3 is 2.48 bits per heavy atom. The van der Waals surface area contributed by atoms with Crippen LogP contribution >= 0.6 is 0 Å². The first-order chi connectivity index (χ1) is 11.9. The first-order valence-corrected chi connectivity index (χ1v) is 9.48. The molecule has 0 bridgehead atoms. The maximum Gasteiger partial charge on any atom is 0.257 e. The van der Waals surface area contributed by atoms with Crippen LogP contribution in [-0.2, 0) is 16.6 Å². The Morgan fingerprint density at radius 2 is 1.88 bits per heavy atom. The molecule has 0 spiro atoms. The second kappa shape index (κ2) is 6.93. The molecule has 1 N–H and O–H groups in total. The number of amides is 1. The molecule has 0 saturated heterocycles. The number of carbonyl (C=O) groups is 1. The molecule has 0 atom stereocenters. The van der Waals surface area contributed by atoms with Crippen LogP contribution in [0.5, 0.6) is 0 Å². The molecule has 1 aliphatic carbocycles. The fourth-order valence-corrected chi connectivity index (χ4v) is 3.40. The van der Waals surface area contributed by atoms with Crippen LogP contribution < -0.4 is 4.72 Å². The van der Waals surface area contributed by atoms with Gasteiger partial charge in [0.05, 0.1) is 10.5 Å². The maximum atomic E-state index is 14.2. The lowest BCUT2D eigenvalue weighted by Gasteiger charge is -2.23. The maximum absolute atomic E-state index is 14.2. The van der Waals surface area contributed by atoms with Crippen molar-refractivity contribution in [3.63, 3.8) is 0 Å². The van der Waals surface area contributed by atoms with E-state index in [0.717, 1.165) is 36.6 Å². The van der Waals surface area contributed by atoms with Crippen LogP contribution in [0, 0.1) is 5.82 Å². The molecule has 1 fully saturated rings. The second-order valence-corrected chi connectivity index (χ2v) is 7.89. The molecule has 0 radical (unpaired) electrons. The van der Waals surface area contributed by atoms with Gasteiger partial charge in [0.2, 0.25) is 10.0 Å². The molecule has 25 heavy (non-hydrogen) atoms. The number of nitrogens with one attached hydrogen (secondary N) is 1. The predicted octanol–water partition coefficient (Wildman–Crippen LogP) is 2.54. The Bertz CT molecular complexity index is 880. The van der Waals surface area contributed by atoms with Crippen molar-refractivity contribution < 1.29 is 17.6 Å². The highest BCUT2D eigenvalue weighted by Crippen LogP contribution is 2.30. The minimum atomic E-state index is -3.75. The van der Waals surface area contributed by atoms with Gasteiger partial charge in [-0.25, -0.2) is 17.5 Å². The van der Waals surface area contributed by atoms with Gasteiger partial charge in [-0.3, -0.25) is 4.79 Å². The number of rotatable bonds is 6. The van der Waals surface area contributed by atoms with Gasteiger partial charge < -0.3 is 4.90 Å². The lowest BCUT2D eigenvalue weighted by molar-refractivity contribution is 0.0725. The van der Waals surface area contributed by atoms with Crippen LogP contribution in [0.25, 0.3) is 0 Å². The highest BCUT2D eigenvalue weighted by Gasteiger charge is 2.34. The average Bonchev–Trinajstić information content (AvgIpc) is 3.45. The van der Waals surface area contributed by atoms with Crippen molar-refractivity contribution in [3.8, 4) is 0 Å². The van der Waals surface area contributed by atoms with Gasteiger partial charge in [0.1, 0.15) is 5.82 Å². The molecule has 1 aliphatic rings. The predicted molar refractivity (Wildman–Crippen MR) is 92.0 cm³/mol. The minimum Gasteiger partial charge on any atom is -0.331 e. The number of hydrogen-bond donors (Lipinski definition) is 1. The van der Waals surface area contributed by atoms with Gasteiger partial charge in [0.15, 0.2) is 0 Å². The van der Waals surface area contributed by atoms with E-state index in [1.165, 1.54) is 7.05 Å². The number of hydrogen-bond acceptors (Lipinski definition) is 3. The Kier molecular flexibility index (Phi) is 4.87. The van der Waals surface area contributed by atoms with Gasteiger partial charge in [-0.05, 0) is 43.7 Å². The standard InChI is InChI=1S/C18H19FN2O3S/c1-20-25(23,24)15-9-10-17(19)16(11-15)18(22)21(14-7-8-14)12-13-5-3-2-4-6-13/h2-6,9-11,14,20H,7-8,12H2,1H3. The van der Waals surface area contributed by atoms with E-state index >= 15 is 0 Å². The van der Waals surface area contributed by atoms with Crippen LogP contribution in [0.1, 0.15) is 28.8 Å². The SMILES string of the molecule is CNS(=O)(=O)c1ccc(F)c(C(=O)N(Cc2ccccc2)C2CC2)c1. The summed E-state index contributed by atoms with van der Waals surface area (Å²) in [6, 6.07) is 12.8. The third-order valence-electron chi connectivity index (χ3n) is 4.19. The topological polar surface area (TPSA) is 66.5 Å². The summed E-state index contributed by atoms with van der Waals surface area (Å²) >= 11 is 0. The molecule has 2 aromatic rings. The van der Waals surface area contributed by atoms with Crippen molar-refractivity contribution in [2.24, 2.45) is 0 Å². The fraction of sp³-hybridized carbons (Fsp3) is 0.278. The van der Waals surface area contributed by atoms with Crippen molar-refractivity contribution in [2.45, 2.75) is 30.3 Å². The molecule has 1 saturated carbocycles. The number of carbonyl (C=O) groups excluding carboxylic acids is 1. The summed E-state index contributed by atoms with van der Waals surface area (Å²) in [4.78, 5) is 14.4. The summed E-state index contributed by atoms with van der Waals surface area (Å²) < 4.78 is 40.3. The van der Waals surface area contributed by atoms with Crippen molar-refractivity contribution in [1.82, 2.24) is 9.62 Å². The van der Waals surface area contributed by atoms with Crippen LogP contribution in [0.15, 0.2) is 53.4 Å². The van der Waals surface area contributed by atoms with E-state index < -0.39 is 21.7 Å². The Balaban J connectivity index is 1.93. The summed E-state index contributed by atoms with van der Waals surface area (Å²) in [7, 11) is -2.48. The molecule has 0 aliphatic heterocycles. The van der Waals surface area contributed by atoms with Crippen molar-refractivity contribution in [1.29, 1.82) is 0 Å². The van der Waals surface area contributed by atoms with Crippen LogP contribution in [-0.4, -0.2) is 32.3 Å². The highest BCUT2D eigenvalue weighted by atomic mass is 32.2. The molecular weight excluding hydrogens is 343 g/mol. The molecule has 7 heteroatoms. The van der Waals surface area contributed by atoms with E-state index in [-0.39, 0.29) is 16.5 Å². The summed E-state index contributed by atoms with van der Waals surface area (Å²) in [6.45, 7) is 0.368. The molecule has 2 aromatic carbocycles. The van der Waals surface area contributed by atoms with Crippen molar-refractivity contribution in [3.05, 3.63) is 65.5 Å². The summed E-state index contributed by atoms with van der Waals surface area (Å²) in [5.41, 5.74) is 0.723. The van der Waals surface area contributed by atoms with Crippen molar-refractivity contribution >= 4 is 15.9 Å². The van der Waals surface area contributed by atoms with Gasteiger partial charge in [-0.15, -0.1) is 0 Å². The van der Waals surface area contributed by atoms with E-state index in [0.29, 0.717) is 6.54 Å². The monoisotopic (exact) mass is 362 g/mol. The van der Waals surface area contributed by atoms with Gasteiger partial charge in [-0.1, -0.05) is 30.3 Å². The molecule has 0 aromatic heterocycles. The Labute approximate surface area is 146 Å². The summed E-state index contributed by atoms with van der Waals surface area (Å²) in [5, 5.41) is 0. The number of nitrogens with zero attached hydrogens (tertiary/aromatic N) is 1. The van der Waals surface area contributed by atoms with E-state index in [1.807, 2.05) is 30.3 Å². The third-order valence-corrected chi connectivity index (χ3v) is 5.60. The molecule has 132 valence electrons. The first-order valence-electron chi connectivity index (χ1n) is 8.00. The fourth-order valence-electron chi connectivity index (χ4n) is 2.64. The molecule has 3 rings (SSSR count). The molecule has 1 amide bonds. The second-order valence-electron chi connectivity index (χ2n) is 6.00. The van der Waals surface area contributed by atoms with Gasteiger partial charge >= 0.3 is 0 Å². The van der Waals surface area contributed by atoms with Crippen LogP contribution in [0.2, 0.25) is 0 Å². The molecule has 0 unspecified atom stereocenters. The zero-order valence-corrected chi connectivity index (χ0v) is 14.6. The average molecular weight is 362 g/mol. The number of halogens is 1. The van der Waals surface area contributed by atoms with E-state index in [4.69, 9.17) is 0 Å². The largest absolute Gasteiger partial charge is 0.331 e. The van der Waals surface area contributed by atoms with Gasteiger partial charge in [0.25, 0.3) is 5.91 Å². The molecular formula is C18H19FN2O3S. The van der Waals surface area contributed by atoms with Gasteiger partial charge in [0, 0.05) is 12.6 Å². The minimum absolute atomic E-state index is 0.0664. The molecule has 5 nitrogen and oxygen atoms in total. The Hall–Kier alpha value is -2.25. The van der Waals surface area contributed by atoms with E-state index in [1.54, 1.807) is 4.90 Å². The smallest absolute Gasteiger partial charge is 0.257 e. The van der Waals surface area contributed by atoms with Crippen LogP contribution in [0.4, 0.5) is 4.39 Å². The van der Waals surface area contributed by atoms with E-state index in [9.17, 15) is 17.6 Å². The van der Waals surface area contributed by atoms with Crippen molar-refractivity contribution in [2.75, 3.05) is 7.05 Å². The zero-order chi connectivity index (χ0) is 18.0. The number of benzene rings is 2. The molecule has 0 heterocycles. The van der Waals surface area contributed by atoms with Gasteiger partial charge in [-0.2, -0.15) is 0 Å². The number of sulfonamides is 1. The third kappa shape index (κ3) is 3.88. The lowest BCUT2D eigenvalue weighted by Crippen LogP contribution is -2.33. The first kappa shape index (κ1) is 17.6. The summed E-state index contributed by atoms with van der Waals surface area (Å²) in [5.74, 6) is -1.21. The zero-order valence-electron chi connectivity index (χ0n) is 13.8. The Morgan fingerprint density at radius 1 is 1.20 bits per heavy atom. The lowest BCUT2D eigenvalue weighted by atomic mass is 10.1. The normalized spacial score (nSPS) is 14.3. The van der Waals surface area contributed by atoms with E-state index in [2.05, 4.69) is 4.72 Å². The quantitative estimate of drug-likeness (QED) is 0.859. The highest BCUT2D eigenvalue weighted by molar-refractivity contribution is 7.89. The summed E-state index contributed by atoms with van der Waals surface area (Å²) in [6.07, 6.45) is 1.74. The van der Waals surface area contributed by atoms with Crippen LogP contribution in [0.3, 0.4) is 0 Å².